The van der Waals surface area contributed by atoms with E-state index in [1.54, 1.807) is 0 Å². The van der Waals surface area contributed by atoms with Crippen LogP contribution in [-0.4, -0.2) is 33.8 Å². The third-order valence-electron chi connectivity index (χ3n) is 5.23. The Bertz CT molecular complexity index is 1540. The molecule has 0 aliphatic carbocycles. The minimum Gasteiger partial charge on any atom is -0.400 e. The van der Waals surface area contributed by atoms with E-state index in [4.69, 9.17) is 4.42 Å². The van der Waals surface area contributed by atoms with Crippen molar-refractivity contribution < 1.29 is 28.1 Å². The summed E-state index contributed by atoms with van der Waals surface area (Å²) >= 11 is 1.02. The molecule has 0 atom stereocenters. The number of hydrogen-bond donors (Lipinski definition) is 0. The molecule has 3 heterocycles. The van der Waals surface area contributed by atoms with Crippen LogP contribution in [0.2, 0.25) is 0 Å². The number of imide groups is 1. The van der Waals surface area contributed by atoms with E-state index in [0.29, 0.717) is 15.9 Å². The van der Waals surface area contributed by atoms with Gasteiger partial charge in [0.05, 0.1) is 28.2 Å². The molecule has 0 unspecified atom stereocenters. The number of fused-ring (bicyclic) bond motifs is 1. The fraction of sp³-hybridized carbons (Fsp3) is 0.0870. The van der Waals surface area contributed by atoms with Crippen molar-refractivity contribution in [2.75, 3.05) is 9.91 Å². The molecule has 0 saturated carbocycles. The van der Waals surface area contributed by atoms with Gasteiger partial charge in [-0.1, -0.05) is 11.3 Å². The molecule has 36 heavy (non-hydrogen) atoms. The highest BCUT2D eigenvalue weighted by molar-refractivity contribution is 7.22. The monoisotopic (exact) mass is 507 g/mol. The van der Waals surface area contributed by atoms with Crippen LogP contribution in [0.5, 0.6) is 0 Å². The minimum atomic E-state index is -0.709. The van der Waals surface area contributed by atoms with E-state index in [1.807, 2.05) is 0 Å². The Morgan fingerprint density at radius 1 is 1.14 bits per heavy atom. The van der Waals surface area contributed by atoms with Crippen LogP contribution in [0.4, 0.5) is 21.1 Å². The van der Waals surface area contributed by atoms with Gasteiger partial charge in [-0.15, -0.1) is 0 Å². The molecule has 1 saturated heterocycles. The molecular weight excluding hydrogens is 493 g/mol. The predicted octanol–water partition coefficient (Wildman–Crippen LogP) is 4.27. The summed E-state index contributed by atoms with van der Waals surface area (Å²) in [6.45, 7) is 0. The van der Waals surface area contributed by atoms with Gasteiger partial charge in [-0.25, -0.2) is 9.37 Å². The van der Waals surface area contributed by atoms with Gasteiger partial charge in [-0.05, 0) is 48.5 Å². The molecule has 1 aliphatic rings. The Balaban J connectivity index is 1.49. The molecule has 180 valence electrons. The minimum absolute atomic E-state index is 0.0214. The van der Waals surface area contributed by atoms with E-state index in [0.717, 1.165) is 33.5 Å². The zero-order chi connectivity index (χ0) is 25.4. The van der Waals surface area contributed by atoms with Crippen LogP contribution >= 0.6 is 11.3 Å². The molecule has 0 spiro atoms. The van der Waals surface area contributed by atoms with Crippen LogP contribution in [0, 0.1) is 15.9 Å². The first-order valence-corrected chi connectivity index (χ1v) is 11.3. The third-order valence-corrected chi connectivity index (χ3v) is 6.22. The molecule has 5 rings (SSSR count). The number of nitrogens with zero attached hydrogens (tertiary/aromatic N) is 5. The summed E-state index contributed by atoms with van der Waals surface area (Å²) in [5.74, 6) is -2.21. The molecule has 0 bridgehead atoms. The van der Waals surface area contributed by atoms with E-state index in [9.17, 15) is 28.9 Å². The lowest BCUT2D eigenvalue weighted by atomic mass is 10.2. The summed E-state index contributed by atoms with van der Waals surface area (Å²) in [6, 6.07) is 12.3. The lowest BCUT2D eigenvalue weighted by molar-refractivity contribution is -0.402. The van der Waals surface area contributed by atoms with Crippen molar-refractivity contribution in [1.29, 1.82) is 0 Å². The summed E-state index contributed by atoms with van der Waals surface area (Å²) in [7, 11) is 0. The maximum Gasteiger partial charge on any atom is 0.433 e. The molecule has 2 aromatic carbocycles. The number of carbonyl (C=O) groups excluding carboxylic acids is 3. The molecule has 1 fully saturated rings. The Morgan fingerprint density at radius 3 is 2.53 bits per heavy atom. The number of benzene rings is 2. The number of thiazole rings is 1. The van der Waals surface area contributed by atoms with Gasteiger partial charge >= 0.3 is 5.88 Å². The number of carbonyl (C=O) groups is 3. The smallest absolute Gasteiger partial charge is 0.400 e. The van der Waals surface area contributed by atoms with E-state index in [1.165, 1.54) is 48.5 Å². The topological polar surface area (TPSA) is 139 Å². The average molecular weight is 507 g/mol. The number of halogens is 1. The van der Waals surface area contributed by atoms with Gasteiger partial charge < -0.3 is 4.42 Å². The van der Waals surface area contributed by atoms with Gasteiger partial charge in [-0.2, -0.15) is 10.1 Å². The van der Waals surface area contributed by atoms with E-state index in [2.05, 4.69) is 10.1 Å². The molecule has 11 nitrogen and oxygen atoms in total. The van der Waals surface area contributed by atoms with Crippen LogP contribution in [0.1, 0.15) is 29.0 Å². The number of nitro groups is 1. The molecule has 2 aromatic heterocycles. The lowest BCUT2D eigenvalue weighted by Crippen LogP contribution is -2.29. The van der Waals surface area contributed by atoms with Crippen molar-refractivity contribution >= 4 is 62.2 Å². The summed E-state index contributed by atoms with van der Waals surface area (Å²) in [5.41, 5.74) is 0.942. The third kappa shape index (κ3) is 4.34. The lowest BCUT2D eigenvalue weighted by Gasteiger charge is -2.16. The first kappa shape index (κ1) is 23.0. The normalized spacial score (nSPS) is 13.8. The summed E-state index contributed by atoms with van der Waals surface area (Å²) in [6.07, 6.45) is 1.38. The summed E-state index contributed by atoms with van der Waals surface area (Å²) in [4.78, 5) is 53.0. The summed E-state index contributed by atoms with van der Waals surface area (Å²) in [5, 5.41) is 16.1. The largest absolute Gasteiger partial charge is 0.433 e. The van der Waals surface area contributed by atoms with Gasteiger partial charge in [0.1, 0.15) is 10.7 Å². The van der Waals surface area contributed by atoms with Crippen molar-refractivity contribution in [1.82, 2.24) is 4.98 Å². The second-order valence-electron chi connectivity index (χ2n) is 7.57. The van der Waals surface area contributed by atoms with Gasteiger partial charge in [0.2, 0.25) is 16.9 Å². The van der Waals surface area contributed by atoms with E-state index in [-0.39, 0.29) is 41.1 Å². The van der Waals surface area contributed by atoms with Gasteiger partial charge in [0.25, 0.3) is 5.91 Å². The van der Waals surface area contributed by atoms with Crippen LogP contribution in [0.25, 0.3) is 10.2 Å². The fourth-order valence-corrected chi connectivity index (χ4v) is 4.48. The van der Waals surface area contributed by atoms with Gasteiger partial charge in [0.15, 0.2) is 5.76 Å². The van der Waals surface area contributed by atoms with Gasteiger partial charge in [0, 0.05) is 18.4 Å². The first-order chi connectivity index (χ1) is 17.3. The molecule has 4 aromatic rings. The van der Waals surface area contributed by atoms with Crippen molar-refractivity contribution in [3.63, 3.8) is 0 Å². The quantitative estimate of drug-likeness (QED) is 0.164. The number of furan rings is 1. The van der Waals surface area contributed by atoms with Crippen LogP contribution in [0.15, 0.2) is 64.1 Å². The Kier molecular flexibility index (Phi) is 5.82. The van der Waals surface area contributed by atoms with Crippen molar-refractivity contribution in [3.8, 4) is 0 Å². The average Bonchev–Trinajstić information content (AvgIpc) is 3.58. The maximum absolute atomic E-state index is 13.7. The highest BCUT2D eigenvalue weighted by Crippen LogP contribution is 2.31. The molecule has 0 radical (unpaired) electrons. The zero-order valence-corrected chi connectivity index (χ0v) is 19.0. The molecule has 1 aliphatic heterocycles. The highest BCUT2D eigenvalue weighted by atomic mass is 32.1. The molecule has 13 heteroatoms. The van der Waals surface area contributed by atoms with Crippen LogP contribution in [-0.2, 0) is 9.59 Å². The van der Waals surface area contributed by atoms with Crippen LogP contribution in [0.3, 0.4) is 0 Å². The second kappa shape index (κ2) is 9.11. The Labute approximate surface area is 205 Å². The number of rotatable bonds is 6. The maximum atomic E-state index is 13.7. The number of anilines is 2. The van der Waals surface area contributed by atoms with Crippen molar-refractivity contribution in [3.05, 3.63) is 81.9 Å². The molecule has 3 amide bonds. The Morgan fingerprint density at radius 2 is 1.86 bits per heavy atom. The summed E-state index contributed by atoms with van der Waals surface area (Å²) < 4.78 is 19.2. The number of amides is 3. The van der Waals surface area contributed by atoms with E-state index < -0.39 is 22.5 Å². The molecule has 0 N–H and O–H groups in total. The zero-order valence-electron chi connectivity index (χ0n) is 18.2. The standard InChI is InChI=1S/C23H14FN5O6S/c24-14-3-7-17-18(11-14)36-23(26-17)28(25-12-16-6-10-21(35-16)29(33)34)22(32)13-1-4-15(5-2-13)27-19(30)8-9-20(27)31/h1-7,10-12H,8-9H2/b25-12+. The second-order valence-corrected chi connectivity index (χ2v) is 8.58. The predicted molar refractivity (Wildman–Crippen MR) is 128 cm³/mol. The van der Waals surface area contributed by atoms with Crippen molar-refractivity contribution in [2.24, 2.45) is 5.10 Å². The molecular formula is C23H14FN5O6S. The number of aromatic nitrogens is 1. The van der Waals surface area contributed by atoms with Crippen molar-refractivity contribution in [2.45, 2.75) is 12.8 Å². The van der Waals surface area contributed by atoms with E-state index >= 15 is 0 Å². The number of hydrazone groups is 1. The van der Waals surface area contributed by atoms with Crippen LogP contribution < -0.4 is 9.91 Å². The Hall–Kier alpha value is -4.78. The number of hydrogen-bond acceptors (Lipinski definition) is 9. The first-order valence-electron chi connectivity index (χ1n) is 10.4. The SMILES string of the molecule is O=C(c1ccc(N2C(=O)CCC2=O)cc1)N(/N=C/c1ccc([N+](=O)[O-])o1)c1nc2ccc(F)cc2s1. The van der Waals surface area contributed by atoms with Gasteiger partial charge in [-0.3, -0.25) is 29.4 Å². The highest BCUT2D eigenvalue weighted by Gasteiger charge is 2.30. The fourth-order valence-electron chi connectivity index (χ4n) is 3.53.